The number of amides is 1. The van der Waals surface area contributed by atoms with Gasteiger partial charge < -0.3 is 10.6 Å². The molecule has 1 amide bonds. The van der Waals surface area contributed by atoms with Crippen molar-refractivity contribution in [2.75, 3.05) is 19.6 Å². The molecule has 9 heteroatoms. The summed E-state index contributed by atoms with van der Waals surface area (Å²) in [5.41, 5.74) is -0.476. The number of nitrogens with one attached hydrogen (secondary N) is 2. The zero-order valence-electron chi connectivity index (χ0n) is 13.6. The Morgan fingerprint density at radius 1 is 1.31 bits per heavy atom. The van der Waals surface area contributed by atoms with Crippen molar-refractivity contribution in [3.8, 4) is 5.69 Å². The molecule has 0 atom stereocenters. The fourth-order valence-corrected chi connectivity index (χ4v) is 2.81. The first kappa shape index (κ1) is 18.5. The lowest BCUT2D eigenvalue weighted by Crippen LogP contribution is -2.31. The van der Waals surface area contributed by atoms with E-state index in [1.807, 2.05) is 6.08 Å². The predicted octanol–water partition coefficient (Wildman–Crippen LogP) is 3.19. The number of hydrogen-bond acceptors (Lipinski definition) is 3. The quantitative estimate of drug-likeness (QED) is 0.796. The van der Waals surface area contributed by atoms with Crippen LogP contribution in [0.5, 0.6) is 0 Å². The van der Waals surface area contributed by atoms with Gasteiger partial charge in [-0.2, -0.15) is 18.3 Å². The highest BCUT2D eigenvalue weighted by Crippen LogP contribution is 2.33. The van der Waals surface area contributed by atoms with Gasteiger partial charge in [0.15, 0.2) is 5.69 Å². The Morgan fingerprint density at radius 3 is 2.65 bits per heavy atom. The maximum Gasteiger partial charge on any atom is 0.434 e. The summed E-state index contributed by atoms with van der Waals surface area (Å²) in [5.74, 6) is -0.808. The van der Waals surface area contributed by atoms with Gasteiger partial charge in [-0.05, 0) is 37.2 Å². The van der Waals surface area contributed by atoms with E-state index in [0.717, 1.165) is 24.7 Å². The first-order valence-corrected chi connectivity index (χ1v) is 8.32. The minimum atomic E-state index is -4.74. The van der Waals surface area contributed by atoms with Crippen LogP contribution in [0.1, 0.15) is 22.5 Å². The average Bonchev–Trinajstić information content (AvgIpc) is 3.07. The highest BCUT2D eigenvalue weighted by Gasteiger charge is 2.40. The van der Waals surface area contributed by atoms with Crippen LogP contribution in [0.3, 0.4) is 0 Å². The Labute approximate surface area is 152 Å². The molecule has 0 fully saturated rings. The Morgan fingerprint density at radius 2 is 2.04 bits per heavy atom. The molecule has 0 saturated carbocycles. The fourth-order valence-electron chi connectivity index (χ4n) is 2.68. The molecule has 3 rings (SSSR count). The van der Waals surface area contributed by atoms with Crippen molar-refractivity contribution in [2.24, 2.45) is 0 Å². The number of alkyl halides is 3. The number of benzene rings is 1. The molecule has 0 spiro atoms. The van der Waals surface area contributed by atoms with E-state index in [1.165, 1.54) is 24.3 Å². The van der Waals surface area contributed by atoms with Gasteiger partial charge in [0.1, 0.15) is 0 Å². The van der Waals surface area contributed by atoms with Gasteiger partial charge in [-0.1, -0.05) is 23.3 Å². The Kier molecular flexibility index (Phi) is 5.33. The van der Waals surface area contributed by atoms with Crippen LogP contribution >= 0.6 is 11.6 Å². The van der Waals surface area contributed by atoms with Crippen LogP contribution in [0.2, 0.25) is 5.02 Å². The number of aromatic nitrogens is 2. The smallest absolute Gasteiger partial charge is 0.348 e. The molecule has 1 aromatic carbocycles. The van der Waals surface area contributed by atoms with Crippen molar-refractivity contribution in [1.29, 1.82) is 0 Å². The second kappa shape index (κ2) is 7.51. The molecule has 26 heavy (non-hydrogen) atoms. The minimum Gasteiger partial charge on any atom is -0.348 e. The largest absolute Gasteiger partial charge is 0.434 e. The second-order valence-electron chi connectivity index (χ2n) is 5.79. The third-order valence-corrected chi connectivity index (χ3v) is 4.24. The molecule has 1 aliphatic rings. The van der Waals surface area contributed by atoms with Crippen molar-refractivity contribution in [1.82, 2.24) is 20.4 Å². The molecule has 5 nitrogen and oxygen atoms in total. The van der Waals surface area contributed by atoms with E-state index in [-0.39, 0.29) is 12.2 Å². The molecule has 0 radical (unpaired) electrons. The first-order valence-electron chi connectivity index (χ1n) is 7.94. The van der Waals surface area contributed by atoms with Crippen LogP contribution in [-0.4, -0.2) is 35.3 Å². The lowest BCUT2D eigenvalue weighted by Gasteiger charge is -2.15. The number of halogens is 4. The van der Waals surface area contributed by atoms with E-state index < -0.39 is 23.3 Å². The van der Waals surface area contributed by atoms with E-state index in [4.69, 9.17) is 11.6 Å². The van der Waals surface area contributed by atoms with Crippen LogP contribution in [-0.2, 0) is 6.18 Å². The Bertz CT molecular complexity index is 828. The number of carbonyl (C=O) groups is 1. The molecular formula is C17H16ClF3N4O. The molecule has 0 saturated heterocycles. The number of carbonyl (C=O) groups excluding carboxylic acids is 1. The molecule has 2 heterocycles. The maximum absolute atomic E-state index is 13.6. The number of nitrogens with zero attached hydrogens (tertiary/aromatic N) is 2. The Hall–Kier alpha value is -2.32. The van der Waals surface area contributed by atoms with E-state index in [2.05, 4.69) is 15.7 Å². The van der Waals surface area contributed by atoms with Crippen molar-refractivity contribution < 1.29 is 18.0 Å². The zero-order valence-corrected chi connectivity index (χ0v) is 14.4. The fraction of sp³-hybridized carbons (Fsp3) is 0.294. The monoisotopic (exact) mass is 384 g/mol. The molecule has 1 aliphatic heterocycles. The number of rotatable bonds is 4. The third kappa shape index (κ3) is 4.08. The predicted molar refractivity (Wildman–Crippen MR) is 91.5 cm³/mol. The first-order chi connectivity index (χ1) is 12.4. The van der Waals surface area contributed by atoms with Gasteiger partial charge in [-0.25, -0.2) is 4.68 Å². The van der Waals surface area contributed by atoms with Gasteiger partial charge in [0, 0.05) is 18.1 Å². The highest BCUT2D eigenvalue weighted by molar-refractivity contribution is 6.30. The topological polar surface area (TPSA) is 59.0 Å². The summed E-state index contributed by atoms with van der Waals surface area (Å²) in [4.78, 5) is 12.3. The third-order valence-electron chi connectivity index (χ3n) is 3.99. The van der Waals surface area contributed by atoms with Gasteiger partial charge in [0.05, 0.1) is 17.4 Å². The van der Waals surface area contributed by atoms with Crippen LogP contribution in [0, 0.1) is 0 Å². The van der Waals surface area contributed by atoms with Gasteiger partial charge in [0.25, 0.3) is 5.91 Å². The lowest BCUT2D eigenvalue weighted by molar-refractivity contribution is -0.143. The zero-order chi connectivity index (χ0) is 18.7. The molecule has 0 unspecified atom stereocenters. The summed E-state index contributed by atoms with van der Waals surface area (Å²) in [6.07, 6.45) is -1.14. The maximum atomic E-state index is 13.6. The highest BCUT2D eigenvalue weighted by atomic mass is 35.5. The van der Waals surface area contributed by atoms with Gasteiger partial charge >= 0.3 is 6.18 Å². The summed E-state index contributed by atoms with van der Waals surface area (Å²) >= 11 is 5.77. The summed E-state index contributed by atoms with van der Waals surface area (Å²) in [6.45, 7) is 1.68. The van der Waals surface area contributed by atoms with E-state index in [0.29, 0.717) is 16.2 Å². The molecule has 0 bridgehead atoms. The SMILES string of the molecule is O=C(NCC1=CCNCC1)c1cnn(-c2ccc(Cl)cc2)c1C(F)(F)F. The van der Waals surface area contributed by atoms with Crippen molar-refractivity contribution in [3.63, 3.8) is 0 Å². The van der Waals surface area contributed by atoms with Crippen molar-refractivity contribution >= 4 is 17.5 Å². The number of hydrogen-bond donors (Lipinski definition) is 2. The van der Waals surface area contributed by atoms with Gasteiger partial charge in [-0.3, -0.25) is 4.79 Å². The normalized spacial score (nSPS) is 14.8. The molecule has 0 aliphatic carbocycles. The molecule has 1 aromatic heterocycles. The summed E-state index contributed by atoms with van der Waals surface area (Å²) in [6, 6.07) is 5.74. The van der Waals surface area contributed by atoms with Gasteiger partial charge in [0.2, 0.25) is 0 Å². The van der Waals surface area contributed by atoms with Crippen molar-refractivity contribution in [3.05, 3.63) is 58.4 Å². The van der Waals surface area contributed by atoms with Crippen LogP contribution in [0.25, 0.3) is 5.69 Å². The van der Waals surface area contributed by atoms with Crippen LogP contribution in [0.15, 0.2) is 42.1 Å². The molecular weight excluding hydrogens is 369 g/mol. The molecule has 2 aromatic rings. The summed E-state index contributed by atoms with van der Waals surface area (Å²) < 4.78 is 41.4. The van der Waals surface area contributed by atoms with Crippen LogP contribution < -0.4 is 10.6 Å². The standard InChI is InChI=1S/C17H16ClF3N4O/c18-12-1-3-13(4-2-12)25-15(17(19,20)21)14(10-24-25)16(26)23-9-11-5-7-22-8-6-11/h1-5,10,22H,6-9H2,(H,23,26). The summed E-state index contributed by atoms with van der Waals surface area (Å²) in [7, 11) is 0. The second-order valence-corrected chi connectivity index (χ2v) is 6.23. The lowest BCUT2D eigenvalue weighted by atomic mass is 10.1. The van der Waals surface area contributed by atoms with E-state index in [9.17, 15) is 18.0 Å². The molecule has 138 valence electrons. The van der Waals surface area contributed by atoms with Gasteiger partial charge in [-0.15, -0.1) is 0 Å². The van der Waals surface area contributed by atoms with E-state index >= 15 is 0 Å². The van der Waals surface area contributed by atoms with E-state index in [1.54, 1.807) is 0 Å². The van der Waals surface area contributed by atoms with Crippen LogP contribution in [0.4, 0.5) is 13.2 Å². The Balaban J connectivity index is 1.88. The minimum absolute atomic E-state index is 0.168. The molecule has 2 N–H and O–H groups in total. The summed E-state index contributed by atoms with van der Waals surface area (Å²) in [5, 5.41) is 9.83. The average molecular weight is 385 g/mol. The van der Waals surface area contributed by atoms with Crippen molar-refractivity contribution in [2.45, 2.75) is 12.6 Å².